The van der Waals surface area contributed by atoms with Crippen molar-refractivity contribution >= 4 is 18.1 Å². The number of nitrogens with one attached hydrogen (secondary N) is 1. The van der Waals surface area contributed by atoms with Crippen LogP contribution in [-0.2, 0) is 16.1 Å². The zero-order chi connectivity index (χ0) is 15.8. The Bertz CT molecular complexity index is 667. The molecule has 6 nitrogen and oxygen atoms in total. The number of amides is 1. The van der Waals surface area contributed by atoms with Crippen molar-refractivity contribution in [3.63, 3.8) is 0 Å². The van der Waals surface area contributed by atoms with Crippen LogP contribution < -0.4 is 9.99 Å². The minimum Gasteiger partial charge on any atom is -0.465 e. The van der Waals surface area contributed by atoms with Crippen LogP contribution in [0.5, 0.6) is 0 Å². The van der Waals surface area contributed by atoms with Gasteiger partial charge in [-0.1, -0.05) is 18.2 Å². The number of aromatic nitrogens is 1. The van der Waals surface area contributed by atoms with Gasteiger partial charge in [0.25, 0.3) is 0 Å². The molecule has 2 rings (SSSR count). The number of rotatable bonds is 5. The van der Waals surface area contributed by atoms with Gasteiger partial charge in [-0.05, 0) is 17.7 Å². The zero-order valence-corrected chi connectivity index (χ0v) is 12.1. The fourth-order valence-corrected chi connectivity index (χ4v) is 1.74. The molecule has 0 aliphatic rings. The van der Waals surface area contributed by atoms with Crippen molar-refractivity contribution in [2.45, 2.75) is 6.54 Å². The number of hydrazone groups is 1. The predicted molar refractivity (Wildman–Crippen MR) is 80.2 cm³/mol. The molecule has 1 aromatic carbocycles. The molecule has 0 aliphatic heterocycles. The summed E-state index contributed by atoms with van der Waals surface area (Å²) >= 11 is 0. The molecule has 2 aromatic rings. The zero-order valence-electron chi connectivity index (χ0n) is 12.1. The van der Waals surface area contributed by atoms with E-state index >= 15 is 0 Å². The van der Waals surface area contributed by atoms with Crippen molar-refractivity contribution in [3.8, 4) is 0 Å². The number of hydrogen-bond donors (Lipinski definition) is 1. The number of hydrogen-bond acceptors (Lipinski definition) is 4. The lowest BCUT2D eigenvalue weighted by atomic mass is 10.1. The van der Waals surface area contributed by atoms with E-state index in [9.17, 15) is 9.59 Å². The van der Waals surface area contributed by atoms with Crippen molar-refractivity contribution in [1.29, 1.82) is 0 Å². The van der Waals surface area contributed by atoms with Crippen molar-refractivity contribution in [2.75, 3.05) is 7.11 Å². The summed E-state index contributed by atoms with van der Waals surface area (Å²) in [6, 6.07) is 12.3. The highest BCUT2D eigenvalue weighted by Crippen LogP contribution is 2.03. The molecule has 0 bridgehead atoms. The maximum absolute atomic E-state index is 11.7. The Morgan fingerprint density at radius 1 is 1.18 bits per heavy atom. The van der Waals surface area contributed by atoms with Gasteiger partial charge >= 0.3 is 11.9 Å². The van der Waals surface area contributed by atoms with Crippen LogP contribution in [0.1, 0.15) is 15.9 Å². The van der Waals surface area contributed by atoms with Crippen molar-refractivity contribution < 1.29 is 18.9 Å². The van der Waals surface area contributed by atoms with Crippen molar-refractivity contribution in [1.82, 2.24) is 5.43 Å². The maximum Gasteiger partial charge on any atom is 0.337 e. The number of carbonyl (C=O) groups excluding carboxylic acids is 2. The van der Waals surface area contributed by atoms with Gasteiger partial charge in [0.05, 0.1) is 18.9 Å². The normalized spacial score (nSPS) is 10.4. The van der Waals surface area contributed by atoms with E-state index in [4.69, 9.17) is 0 Å². The van der Waals surface area contributed by atoms with Gasteiger partial charge < -0.3 is 4.74 Å². The van der Waals surface area contributed by atoms with Crippen LogP contribution in [0.3, 0.4) is 0 Å². The summed E-state index contributed by atoms with van der Waals surface area (Å²) in [5.74, 6) is -0.615. The first-order valence-corrected chi connectivity index (χ1v) is 6.63. The number of pyridine rings is 1. The van der Waals surface area contributed by atoms with Gasteiger partial charge in [-0.3, -0.25) is 4.79 Å². The molecule has 1 heterocycles. The highest BCUT2D eigenvalue weighted by atomic mass is 16.5. The minimum atomic E-state index is -0.392. The Kier molecular flexibility index (Phi) is 5.37. The Hall–Kier alpha value is -3.02. The first-order valence-electron chi connectivity index (χ1n) is 6.63. The molecule has 0 saturated heterocycles. The van der Waals surface area contributed by atoms with Gasteiger partial charge in [0, 0.05) is 12.1 Å². The monoisotopic (exact) mass is 298 g/mol. The summed E-state index contributed by atoms with van der Waals surface area (Å²) in [6.07, 6.45) is 5.11. The maximum atomic E-state index is 11.7. The molecular formula is C16H16N3O3+. The second-order valence-corrected chi connectivity index (χ2v) is 4.45. The molecule has 6 heteroatoms. The van der Waals surface area contributed by atoms with Crippen LogP contribution in [0.2, 0.25) is 0 Å². The topological polar surface area (TPSA) is 71.6 Å². The summed E-state index contributed by atoms with van der Waals surface area (Å²) in [7, 11) is 1.33. The smallest absolute Gasteiger partial charge is 0.337 e. The standard InChI is InChI=1S/C16H15N3O3/c1-22-16(21)14-7-5-13(6-8-14)11-17-18-15(20)12-19-9-3-2-4-10-19/h2-11H,12H2,1H3/p+1. The van der Waals surface area contributed by atoms with E-state index in [1.54, 1.807) is 41.2 Å². The van der Waals surface area contributed by atoms with Crippen LogP contribution in [0, 0.1) is 0 Å². The Balaban J connectivity index is 1.87. The van der Waals surface area contributed by atoms with E-state index in [1.807, 2.05) is 18.2 Å². The summed E-state index contributed by atoms with van der Waals surface area (Å²) in [4.78, 5) is 23.0. The van der Waals surface area contributed by atoms with Crippen molar-refractivity contribution in [3.05, 3.63) is 66.0 Å². The van der Waals surface area contributed by atoms with Crippen LogP contribution in [-0.4, -0.2) is 25.2 Å². The fourth-order valence-electron chi connectivity index (χ4n) is 1.74. The average molecular weight is 298 g/mol. The third kappa shape index (κ3) is 4.52. The molecule has 0 saturated carbocycles. The Labute approximate surface area is 128 Å². The van der Waals surface area contributed by atoms with E-state index < -0.39 is 5.97 Å². The summed E-state index contributed by atoms with van der Waals surface area (Å²) in [5.41, 5.74) is 3.67. The molecule has 22 heavy (non-hydrogen) atoms. The van der Waals surface area contributed by atoms with Crippen molar-refractivity contribution in [2.24, 2.45) is 5.10 Å². The number of benzene rings is 1. The SMILES string of the molecule is COC(=O)c1ccc(/C=N/NC(=O)C[n+]2ccccc2)cc1. The third-order valence-electron chi connectivity index (χ3n) is 2.84. The van der Waals surface area contributed by atoms with E-state index in [2.05, 4.69) is 15.3 Å². The third-order valence-corrected chi connectivity index (χ3v) is 2.84. The number of nitrogens with zero attached hydrogens (tertiary/aromatic N) is 2. The second kappa shape index (κ2) is 7.68. The summed E-state index contributed by atoms with van der Waals surface area (Å²) < 4.78 is 6.36. The predicted octanol–water partition coefficient (Wildman–Crippen LogP) is 0.911. The lowest BCUT2D eigenvalue weighted by Crippen LogP contribution is -2.40. The van der Waals surface area contributed by atoms with E-state index in [0.717, 1.165) is 5.56 Å². The highest BCUT2D eigenvalue weighted by Gasteiger charge is 2.06. The second-order valence-electron chi connectivity index (χ2n) is 4.45. The molecule has 0 spiro atoms. The van der Waals surface area contributed by atoms with Gasteiger partial charge in [0.1, 0.15) is 0 Å². The van der Waals surface area contributed by atoms with Gasteiger partial charge in [-0.15, -0.1) is 0 Å². The van der Waals surface area contributed by atoms with E-state index in [0.29, 0.717) is 5.56 Å². The molecule has 1 N–H and O–H groups in total. The number of ether oxygens (including phenoxy) is 1. The summed E-state index contributed by atoms with van der Waals surface area (Å²) in [6.45, 7) is 0.194. The average Bonchev–Trinajstić information content (AvgIpc) is 2.55. The van der Waals surface area contributed by atoms with Gasteiger partial charge in [0.15, 0.2) is 12.4 Å². The fraction of sp³-hybridized carbons (Fsp3) is 0.125. The number of esters is 1. The molecule has 1 aromatic heterocycles. The largest absolute Gasteiger partial charge is 0.465 e. The van der Waals surface area contributed by atoms with Gasteiger partial charge in [-0.2, -0.15) is 9.67 Å². The molecule has 0 radical (unpaired) electrons. The number of carbonyl (C=O) groups is 2. The summed E-state index contributed by atoms with van der Waals surface area (Å²) in [5, 5.41) is 3.88. The first-order chi connectivity index (χ1) is 10.7. The van der Waals surface area contributed by atoms with E-state index in [-0.39, 0.29) is 12.5 Å². The highest BCUT2D eigenvalue weighted by molar-refractivity contribution is 5.90. The lowest BCUT2D eigenvalue weighted by molar-refractivity contribution is -0.684. The van der Waals surface area contributed by atoms with Crippen LogP contribution in [0.25, 0.3) is 0 Å². The van der Waals surface area contributed by atoms with Gasteiger partial charge in [0.2, 0.25) is 6.54 Å². The lowest BCUT2D eigenvalue weighted by Gasteiger charge is -1.99. The Morgan fingerprint density at radius 3 is 2.50 bits per heavy atom. The molecule has 0 atom stereocenters. The quantitative estimate of drug-likeness (QED) is 0.386. The molecule has 112 valence electrons. The minimum absolute atomic E-state index is 0.194. The van der Waals surface area contributed by atoms with Crippen LogP contribution in [0.4, 0.5) is 0 Å². The first kappa shape index (κ1) is 15.4. The van der Waals surface area contributed by atoms with Crippen LogP contribution in [0.15, 0.2) is 60.0 Å². The molecule has 0 aliphatic carbocycles. The molecule has 1 amide bonds. The van der Waals surface area contributed by atoms with Gasteiger partial charge in [-0.25, -0.2) is 10.2 Å². The van der Waals surface area contributed by atoms with E-state index in [1.165, 1.54) is 13.3 Å². The molecular weight excluding hydrogens is 282 g/mol. The molecule has 0 unspecified atom stereocenters. The number of methoxy groups -OCH3 is 1. The van der Waals surface area contributed by atoms with Crippen LogP contribution >= 0.6 is 0 Å². The Morgan fingerprint density at radius 2 is 1.86 bits per heavy atom. The molecule has 0 fully saturated rings.